The SMILES string of the molecule is CC(CCc1ccccc1)NC(=O)c1ccc(CSc2nc(Cl)cc(N3CCOCC3)n2)cc1. The summed E-state index contributed by atoms with van der Waals surface area (Å²) >= 11 is 7.77. The van der Waals surface area contributed by atoms with Gasteiger partial charge in [-0.25, -0.2) is 9.97 Å². The highest BCUT2D eigenvalue weighted by Crippen LogP contribution is 2.25. The number of aromatic nitrogens is 2. The number of ether oxygens (including phenoxy) is 1. The van der Waals surface area contributed by atoms with E-state index in [0.717, 1.165) is 37.3 Å². The smallest absolute Gasteiger partial charge is 0.251 e. The van der Waals surface area contributed by atoms with Crippen molar-refractivity contribution in [3.05, 3.63) is 82.5 Å². The third kappa shape index (κ3) is 7.19. The number of thioether (sulfide) groups is 1. The molecule has 1 saturated heterocycles. The number of rotatable bonds is 9. The highest BCUT2D eigenvalue weighted by Gasteiger charge is 2.15. The van der Waals surface area contributed by atoms with Gasteiger partial charge in [-0.2, -0.15) is 0 Å². The minimum absolute atomic E-state index is 0.0481. The van der Waals surface area contributed by atoms with Gasteiger partial charge in [0.05, 0.1) is 13.2 Å². The Hall–Kier alpha value is -2.61. The fraction of sp³-hybridized carbons (Fsp3) is 0.346. The summed E-state index contributed by atoms with van der Waals surface area (Å²) in [6, 6.07) is 19.9. The number of carbonyl (C=O) groups excluding carboxylic acids is 1. The number of nitrogens with zero attached hydrogens (tertiary/aromatic N) is 3. The average molecular weight is 497 g/mol. The van der Waals surface area contributed by atoms with E-state index in [4.69, 9.17) is 16.3 Å². The molecule has 0 bridgehead atoms. The maximum Gasteiger partial charge on any atom is 0.251 e. The van der Waals surface area contributed by atoms with E-state index < -0.39 is 0 Å². The predicted octanol–water partition coefficient (Wildman–Crippen LogP) is 5.01. The molecule has 178 valence electrons. The third-order valence-corrected chi connectivity index (χ3v) is 6.78. The summed E-state index contributed by atoms with van der Waals surface area (Å²) in [5.74, 6) is 1.48. The van der Waals surface area contributed by atoms with E-state index in [9.17, 15) is 4.79 Å². The van der Waals surface area contributed by atoms with Crippen molar-refractivity contribution in [1.29, 1.82) is 0 Å². The molecule has 34 heavy (non-hydrogen) atoms. The molecule has 8 heteroatoms. The maximum atomic E-state index is 12.6. The van der Waals surface area contributed by atoms with Crippen LogP contribution >= 0.6 is 23.4 Å². The summed E-state index contributed by atoms with van der Waals surface area (Å²) in [7, 11) is 0. The molecule has 4 rings (SSSR count). The Morgan fingerprint density at radius 3 is 2.56 bits per heavy atom. The molecule has 0 aliphatic carbocycles. The van der Waals surface area contributed by atoms with Crippen LogP contribution in [0.5, 0.6) is 0 Å². The van der Waals surface area contributed by atoms with Crippen LogP contribution in [0, 0.1) is 0 Å². The van der Waals surface area contributed by atoms with Gasteiger partial charge in [0.25, 0.3) is 5.91 Å². The van der Waals surface area contributed by atoms with Gasteiger partial charge in [0.15, 0.2) is 5.16 Å². The normalized spacial score (nSPS) is 14.6. The predicted molar refractivity (Wildman–Crippen MR) is 138 cm³/mol. The molecule has 1 aliphatic rings. The lowest BCUT2D eigenvalue weighted by Crippen LogP contribution is -2.36. The molecule has 1 atom stereocenters. The largest absolute Gasteiger partial charge is 0.378 e. The second kappa shape index (κ2) is 12.2. The average Bonchev–Trinajstić information content (AvgIpc) is 2.87. The number of nitrogens with one attached hydrogen (secondary N) is 1. The van der Waals surface area contributed by atoms with Crippen molar-refractivity contribution < 1.29 is 9.53 Å². The highest BCUT2D eigenvalue weighted by molar-refractivity contribution is 7.98. The number of anilines is 1. The van der Waals surface area contributed by atoms with Gasteiger partial charge in [-0.15, -0.1) is 0 Å². The molecule has 6 nitrogen and oxygen atoms in total. The van der Waals surface area contributed by atoms with Gasteiger partial charge in [0, 0.05) is 36.5 Å². The van der Waals surface area contributed by atoms with Crippen LogP contribution in [-0.4, -0.2) is 48.2 Å². The quantitative estimate of drug-likeness (QED) is 0.255. The first-order valence-electron chi connectivity index (χ1n) is 11.5. The van der Waals surface area contributed by atoms with E-state index in [1.807, 2.05) is 49.4 Å². The van der Waals surface area contributed by atoms with Crippen LogP contribution in [-0.2, 0) is 16.9 Å². The fourth-order valence-corrected chi connectivity index (χ4v) is 4.75. The number of hydrogen-bond donors (Lipinski definition) is 1. The summed E-state index contributed by atoms with van der Waals surface area (Å²) in [5.41, 5.74) is 3.04. The molecule has 2 heterocycles. The van der Waals surface area contributed by atoms with Crippen molar-refractivity contribution in [3.8, 4) is 0 Å². The second-order valence-corrected chi connectivity index (χ2v) is 9.64. The lowest BCUT2D eigenvalue weighted by molar-refractivity contribution is 0.0938. The molecule has 2 aromatic carbocycles. The molecule has 1 N–H and O–H groups in total. The van der Waals surface area contributed by atoms with E-state index in [-0.39, 0.29) is 11.9 Å². The Balaban J connectivity index is 1.28. The van der Waals surface area contributed by atoms with Gasteiger partial charge in [-0.1, -0.05) is 65.8 Å². The molecule has 1 fully saturated rings. The van der Waals surface area contributed by atoms with Crippen LogP contribution in [0.1, 0.15) is 34.8 Å². The Morgan fingerprint density at radius 1 is 1.09 bits per heavy atom. The fourth-order valence-electron chi connectivity index (χ4n) is 3.71. The zero-order valence-corrected chi connectivity index (χ0v) is 20.8. The zero-order chi connectivity index (χ0) is 23.8. The van der Waals surface area contributed by atoms with Crippen molar-refractivity contribution in [2.45, 2.75) is 36.7 Å². The molecule has 1 unspecified atom stereocenters. The topological polar surface area (TPSA) is 67.4 Å². The Bertz CT molecular complexity index is 1080. The molecule has 0 saturated carbocycles. The Kier molecular flexibility index (Phi) is 8.79. The minimum atomic E-state index is -0.0481. The Labute approximate surface area is 210 Å². The number of amides is 1. The van der Waals surface area contributed by atoms with Crippen LogP contribution in [0.2, 0.25) is 5.15 Å². The lowest BCUT2D eigenvalue weighted by Gasteiger charge is -2.27. The number of carbonyl (C=O) groups is 1. The van der Waals surface area contributed by atoms with Gasteiger partial charge >= 0.3 is 0 Å². The highest BCUT2D eigenvalue weighted by atomic mass is 35.5. The van der Waals surface area contributed by atoms with Crippen molar-refractivity contribution in [1.82, 2.24) is 15.3 Å². The summed E-state index contributed by atoms with van der Waals surface area (Å²) in [6.07, 6.45) is 1.84. The first kappa shape index (κ1) is 24.5. The maximum absolute atomic E-state index is 12.6. The first-order valence-corrected chi connectivity index (χ1v) is 12.9. The van der Waals surface area contributed by atoms with E-state index in [2.05, 4.69) is 32.3 Å². The summed E-state index contributed by atoms with van der Waals surface area (Å²) < 4.78 is 5.41. The lowest BCUT2D eigenvalue weighted by atomic mass is 10.1. The monoisotopic (exact) mass is 496 g/mol. The Morgan fingerprint density at radius 2 is 1.82 bits per heavy atom. The van der Waals surface area contributed by atoms with E-state index in [1.165, 1.54) is 17.3 Å². The van der Waals surface area contributed by atoms with E-state index in [0.29, 0.717) is 34.8 Å². The van der Waals surface area contributed by atoms with Crippen molar-refractivity contribution >= 4 is 35.1 Å². The van der Waals surface area contributed by atoms with Crippen LogP contribution in [0.25, 0.3) is 0 Å². The molecule has 1 aromatic heterocycles. The molecular weight excluding hydrogens is 468 g/mol. The van der Waals surface area contributed by atoms with Gasteiger partial charge in [0.2, 0.25) is 0 Å². The standard InChI is InChI=1S/C26H29ClN4O2S/c1-19(7-8-20-5-3-2-4-6-20)28-25(32)22-11-9-21(10-12-22)18-34-26-29-23(27)17-24(30-26)31-13-15-33-16-14-31/h2-6,9-12,17,19H,7-8,13-16,18H2,1H3,(H,28,32). The number of morpholine rings is 1. The number of benzene rings is 2. The molecule has 1 amide bonds. The third-order valence-electron chi connectivity index (χ3n) is 5.67. The van der Waals surface area contributed by atoms with Crippen LogP contribution in [0.15, 0.2) is 65.8 Å². The van der Waals surface area contributed by atoms with Crippen molar-refractivity contribution in [3.63, 3.8) is 0 Å². The summed E-state index contributed by atoms with van der Waals surface area (Å²) in [6.45, 7) is 5.02. The summed E-state index contributed by atoms with van der Waals surface area (Å²) in [4.78, 5) is 23.8. The zero-order valence-electron chi connectivity index (χ0n) is 19.2. The first-order chi connectivity index (χ1) is 16.6. The summed E-state index contributed by atoms with van der Waals surface area (Å²) in [5, 5.41) is 4.17. The molecule has 0 radical (unpaired) electrons. The molecule has 0 spiro atoms. The van der Waals surface area contributed by atoms with Crippen LogP contribution in [0.3, 0.4) is 0 Å². The molecule has 1 aliphatic heterocycles. The van der Waals surface area contributed by atoms with E-state index >= 15 is 0 Å². The second-order valence-electron chi connectivity index (χ2n) is 8.32. The minimum Gasteiger partial charge on any atom is -0.378 e. The molecule has 3 aromatic rings. The number of halogens is 1. The van der Waals surface area contributed by atoms with Crippen LogP contribution in [0.4, 0.5) is 5.82 Å². The number of aryl methyl sites for hydroxylation is 1. The molecular formula is C26H29ClN4O2S. The van der Waals surface area contributed by atoms with Crippen LogP contribution < -0.4 is 10.2 Å². The van der Waals surface area contributed by atoms with Gasteiger partial charge in [-0.3, -0.25) is 4.79 Å². The van der Waals surface area contributed by atoms with Gasteiger partial charge < -0.3 is 15.0 Å². The van der Waals surface area contributed by atoms with Crippen molar-refractivity contribution in [2.24, 2.45) is 0 Å². The number of hydrogen-bond acceptors (Lipinski definition) is 6. The van der Waals surface area contributed by atoms with Gasteiger partial charge in [-0.05, 0) is 43.0 Å². The van der Waals surface area contributed by atoms with Gasteiger partial charge in [0.1, 0.15) is 11.0 Å². The van der Waals surface area contributed by atoms with Crippen molar-refractivity contribution in [2.75, 3.05) is 31.2 Å². The van der Waals surface area contributed by atoms with E-state index in [1.54, 1.807) is 6.07 Å².